The molecule has 0 unspecified atom stereocenters. The molecule has 5 aromatic rings. The lowest BCUT2D eigenvalue weighted by molar-refractivity contribution is 0.143. The first-order valence-electron chi connectivity index (χ1n) is 12.0. The van der Waals surface area contributed by atoms with Crippen LogP contribution in [0.1, 0.15) is 0 Å². The van der Waals surface area contributed by atoms with E-state index in [9.17, 15) is 22.0 Å². The molecule has 6 rings (SSSR count). The second-order valence-corrected chi connectivity index (χ2v) is 10.8. The largest absolute Gasteiger partial charge is 0.486 e. The molecule has 3 aromatic carbocycles. The van der Waals surface area contributed by atoms with Crippen LogP contribution in [0.15, 0.2) is 87.2 Å². The van der Waals surface area contributed by atoms with Crippen molar-refractivity contribution >= 4 is 32.4 Å². The Hall–Kier alpha value is -4.62. The average Bonchev–Trinajstić information content (AvgIpc) is 3.40. The summed E-state index contributed by atoms with van der Waals surface area (Å²) in [6, 6.07) is 12.8. The summed E-state index contributed by atoms with van der Waals surface area (Å²) in [4.78, 5) is 14.1. The Bertz CT molecular complexity index is 1890. The predicted octanol–water partition coefficient (Wildman–Crippen LogP) is 4.48. The van der Waals surface area contributed by atoms with Gasteiger partial charge in [-0.25, -0.2) is 25.9 Å². The van der Waals surface area contributed by atoms with Gasteiger partial charge >= 0.3 is 0 Å². The topological polar surface area (TPSA) is 118 Å². The minimum absolute atomic E-state index is 0.0655. The van der Waals surface area contributed by atoms with E-state index >= 15 is 4.39 Å². The van der Waals surface area contributed by atoms with Crippen LogP contribution in [0.4, 0.5) is 24.7 Å². The van der Waals surface area contributed by atoms with Crippen molar-refractivity contribution in [3.8, 4) is 16.9 Å². The van der Waals surface area contributed by atoms with Crippen LogP contribution in [0.2, 0.25) is 0 Å². The predicted molar refractivity (Wildman–Crippen MR) is 139 cm³/mol. The number of fused-ring (bicyclic) bond motifs is 1. The van der Waals surface area contributed by atoms with E-state index < -0.39 is 27.5 Å². The number of aromatic amines is 1. The van der Waals surface area contributed by atoms with Gasteiger partial charge in [0.15, 0.2) is 5.82 Å². The van der Waals surface area contributed by atoms with Crippen molar-refractivity contribution in [3.05, 3.63) is 101 Å². The minimum Gasteiger partial charge on any atom is -0.486 e. The van der Waals surface area contributed by atoms with Gasteiger partial charge in [-0.1, -0.05) is 5.16 Å². The molecule has 0 amide bonds. The molecule has 0 bridgehead atoms. The van der Waals surface area contributed by atoms with Crippen LogP contribution in [0.5, 0.6) is 5.75 Å². The summed E-state index contributed by atoms with van der Waals surface area (Å²) in [6.45, 7) is 0.890. The van der Waals surface area contributed by atoms with Gasteiger partial charge < -0.3 is 19.6 Å². The maximum Gasteiger partial charge on any atom is 0.270 e. The number of ether oxygens (including phenoxy) is 1. The number of hydrogen-bond acceptors (Lipinski definition) is 7. The van der Waals surface area contributed by atoms with E-state index in [0.29, 0.717) is 30.1 Å². The normalized spacial score (nSPS) is 13.8. The number of nitrogens with zero attached hydrogens (tertiary/aromatic N) is 2. The van der Waals surface area contributed by atoms with E-state index in [1.165, 1.54) is 42.5 Å². The summed E-state index contributed by atoms with van der Waals surface area (Å²) in [5.41, 5.74) is -0.471. The van der Waals surface area contributed by atoms with Crippen molar-refractivity contribution in [2.24, 2.45) is 0 Å². The minimum atomic E-state index is -4.50. The molecule has 0 atom stereocenters. The van der Waals surface area contributed by atoms with Crippen molar-refractivity contribution in [2.75, 3.05) is 17.4 Å². The first-order valence-corrected chi connectivity index (χ1v) is 13.4. The third kappa shape index (κ3) is 4.69. The SMILES string of the molecule is O=c1ccc2cc(S(=O)(=O)N(c3ccon3)c3cc(F)c(-c4cc(F)cc(F)c4)cc3OC3CNC3)ccc2[nH]1. The Morgan fingerprint density at radius 3 is 2.40 bits per heavy atom. The number of halogens is 3. The highest BCUT2D eigenvalue weighted by Gasteiger charge is 2.34. The Balaban J connectivity index is 1.55. The maximum absolute atomic E-state index is 15.6. The van der Waals surface area contributed by atoms with Crippen molar-refractivity contribution < 1.29 is 30.8 Å². The molecule has 0 spiro atoms. The Kier molecular flexibility index (Phi) is 6.31. The zero-order chi connectivity index (χ0) is 28.0. The second-order valence-electron chi connectivity index (χ2n) is 9.05. The van der Waals surface area contributed by atoms with Crippen LogP contribution in [-0.2, 0) is 10.0 Å². The summed E-state index contributed by atoms with van der Waals surface area (Å²) < 4.78 is 83.5. The summed E-state index contributed by atoms with van der Waals surface area (Å²) in [7, 11) is -4.50. The Morgan fingerprint density at radius 2 is 1.73 bits per heavy atom. The molecule has 2 aromatic heterocycles. The fraction of sp³-hybridized carbons (Fsp3) is 0.111. The lowest BCUT2D eigenvalue weighted by Gasteiger charge is -2.31. The highest BCUT2D eigenvalue weighted by Crippen LogP contribution is 2.42. The van der Waals surface area contributed by atoms with E-state index in [1.54, 1.807) is 0 Å². The van der Waals surface area contributed by atoms with E-state index in [4.69, 9.17) is 9.26 Å². The smallest absolute Gasteiger partial charge is 0.270 e. The number of sulfonamides is 1. The number of hydrogen-bond donors (Lipinski definition) is 2. The van der Waals surface area contributed by atoms with Gasteiger partial charge in [-0.2, -0.15) is 0 Å². The van der Waals surface area contributed by atoms with Gasteiger partial charge in [-0.05, 0) is 53.4 Å². The third-order valence-corrected chi connectivity index (χ3v) is 8.06. The number of H-pyrrole nitrogens is 1. The summed E-state index contributed by atoms with van der Waals surface area (Å²) in [5.74, 6) is -3.03. The number of rotatable bonds is 7. The summed E-state index contributed by atoms with van der Waals surface area (Å²) >= 11 is 0. The van der Waals surface area contributed by atoms with E-state index in [-0.39, 0.29) is 44.9 Å². The molecular weight excluding hydrogens is 549 g/mol. The molecule has 13 heteroatoms. The van der Waals surface area contributed by atoms with Crippen molar-refractivity contribution in [1.29, 1.82) is 0 Å². The molecule has 9 nitrogen and oxygen atoms in total. The molecule has 1 saturated heterocycles. The highest BCUT2D eigenvalue weighted by molar-refractivity contribution is 7.93. The highest BCUT2D eigenvalue weighted by atomic mass is 32.2. The van der Waals surface area contributed by atoms with Gasteiger partial charge in [0.1, 0.15) is 41.3 Å². The van der Waals surface area contributed by atoms with Gasteiger partial charge in [-0.15, -0.1) is 0 Å². The van der Waals surface area contributed by atoms with Gasteiger partial charge in [0.05, 0.1) is 4.90 Å². The lowest BCUT2D eigenvalue weighted by Crippen LogP contribution is -2.50. The van der Waals surface area contributed by atoms with Crippen molar-refractivity contribution in [3.63, 3.8) is 0 Å². The molecule has 1 fully saturated rings. The molecule has 0 radical (unpaired) electrons. The number of nitrogens with one attached hydrogen (secondary N) is 2. The second kappa shape index (κ2) is 9.84. The van der Waals surface area contributed by atoms with Gasteiger partial charge in [0, 0.05) is 48.4 Å². The van der Waals surface area contributed by atoms with Gasteiger partial charge in [-0.3, -0.25) is 4.79 Å². The van der Waals surface area contributed by atoms with Crippen LogP contribution in [-0.4, -0.2) is 37.8 Å². The molecule has 40 heavy (non-hydrogen) atoms. The van der Waals surface area contributed by atoms with Crippen molar-refractivity contribution in [2.45, 2.75) is 11.0 Å². The molecule has 0 saturated carbocycles. The summed E-state index contributed by atoms with van der Waals surface area (Å²) in [5, 5.41) is 7.24. The van der Waals surface area contributed by atoms with Gasteiger partial charge in [0.2, 0.25) is 5.56 Å². The lowest BCUT2D eigenvalue weighted by atomic mass is 10.0. The van der Waals surface area contributed by atoms with Gasteiger partial charge in [0.25, 0.3) is 10.0 Å². The first kappa shape index (κ1) is 25.6. The molecule has 1 aliphatic rings. The quantitative estimate of drug-likeness (QED) is 0.297. The number of aromatic nitrogens is 2. The molecule has 0 aliphatic carbocycles. The molecule has 2 N–H and O–H groups in total. The molecule has 204 valence electrons. The van der Waals surface area contributed by atoms with Crippen LogP contribution < -0.4 is 19.9 Å². The maximum atomic E-state index is 15.6. The van der Waals surface area contributed by atoms with Crippen molar-refractivity contribution in [1.82, 2.24) is 15.5 Å². The monoisotopic (exact) mass is 568 g/mol. The van der Waals surface area contributed by atoms with E-state index in [1.807, 2.05) is 0 Å². The third-order valence-electron chi connectivity index (χ3n) is 6.34. The van der Waals surface area contributed by atoms with Crippen LogP contribution >= 0.6 is 0 Å². The number of pyridine rings is 1. The zero-order valence-corrected chi connectivity index (χ0v) is 21.2. The Morgan fingerprint density at radius 1 is 0.950 bits per heavy atom. The standard InChI is InChI=1S/C27H19F3N4O5S/c28-17-7-16(8-18(29)10-17)21-11-25(39-19-13-31-14-19)24(12-22(21)30)34(26-5-6-38-33-26)40(36,37)20-2-3-23-15(9-20)1-4-27(35)32-23/h1-12,19,31H,13-14H2,(H,32,35). The van der Waals surface area contributed by atoms with Crippen LogP contribution in [0.25, 0.3) is 22.0 Å². The fourth-order valence-electron chi connectivity index (χ4n) is 4.34. The van der Waals surface area contributed by atoms with E-state index in [2.05, 4.69) is 15.5 Å². The summed E-state index contributed by atoms with van der Waals surface area (Å²) in [6.07, 6.45) is 0.778. The molecular formula is C27H19F3N4O5S. The Labute approximate surface area is 224 Å². The number of anilines is 2. The first-order chi connectivity index (χ1) is 19.2. The zero-order valence-electron chi connectivity index (χ0n) is 20.4. The number of benzene rings is 3. The van der Waals surface area contributed by atoms with Crippen LogP contribution in [0, 0.1) is 17.5 Å². The average molecular weight is 569 g/mol. The van der Waals surface area contributed by atoms with Crippen LogP contribution in [0.3, 0.4) is 0 Å². The fourth-order valence-corrected chi connectivity index (χ4v) is 5.81. The molecule has 3 heterocycles. The molecule has 1 aliphatic heterocycles. The van der Waals surface area contributed by atoms with E-state index in [0.717, 1.165) is 28.8 Å².